The van der Waals surface area contributed by atoms with Crippen molar-refractivity contribution < 1.29 is 19.1 Å². The molecule has 0 spiro atoms. The highest BCUT2D eigenvalue weighted by Crippen LogP contribution is 2.57. The van der Waals surface area contributed by atoms with Gasteiger partial charge < -0.3 is 9.64 Å². The van der Waals surface area contributed by atoms with Crippen LogP contribution in [0.3, 0.4) is 0 Å². The number of carbonyl (C=O) groups is 3. The molecule has 2 aliphatic heterocycles. The number of benzene rings is 1. The van der Waals surface area contributed by atoms with Crippen LogP contribution in [0.4, 0.5) is 0 Å². The minimum absolute atomic E-state index is 0.0981. The summed E-state index contributed by atoms with van der Waals surface area (Å²) in [6.07, 6.45) is 8.60. The monoisotopic (exact) mass is 537 g/mol. The number of aromatic nitrogens is 1. The number of hydrogen-bond donors (Lipinski definition) is 1. The Morgan fingerprint density at radius 3 is 2.59 bits per heavy atom. The van der Waals surface area contributed by atoms with Crippen LogP contribution in [-0.4, -0.2) is 39.2 Å². The van der Waals surface area contributed by atoms with E-state index in [0.717, 1.165) is 44.7 Å². The number of ether oxygens (including phenoxy) is 1. The minimum atomic E-state index is -0.592. The van der Waals surface area contributed by atoms with E-state index >= 15 is 0 Å². The maximum atomic E-state index is 13.1. The number of carbonyl (C=O) groups excluding carboxylic acids is 3. The highest BCUT2D eigenvalue weighted by Gasteiger charge is 2.51. The molecule has 37 heavy (non-hydrogen) atoms. The first kappa shape index (κ1) is 23.9. The van der Waals surface area contributed by atoms with Gasteiger partial charge in [-0.1, -0.05) is 6.07 Å². The summed E-state index contributed by atoms with van der Waals surface area (Å²) in [5.41, 5.74) is 2.74. The van der Waals surface area contributed by atoms with Crippen molar-refractivity contribution in [3.05, 3.63) is 45.4 Å². The molecule has 3 amide bonds. The molecule has 6 aliphatic rings. The molecule has 1 atom stereocenters. The van der Waals surface area contributed by atoms with Crippen molar-refractivity contribution in [1.29, 1.82) is 0 Å². The quantitative estimate of drug-likeness (QED) is 0.408. The predicted octanol–water partition coefficient (Wildman–Crippen LogP) is 4.68. The van der Waals surface area contributed by atoms with Crippen LogP contribution >= 0.6 is 23.1 Å². The lowest BCUT2D eigenvalue weighted by molar-refractivity contribution is -0.168. The summed E-state index contributed by atoms with van der Waals surface area (Å²) in [7, 11) is 0. The molecule has 194 valence electrons. The lowest BCUT2D eigenvalue weighted by Crippen LogP contribution is -2.52. The molecule has 1 aromatic heterocycles. The number of rotatable bonds is 7. The van der Waals surface area contributed by atoms with Crippen LogP contribution in [0.1, 0.15) is 78.0 Å². The maximum absolute atomic E-state index is 13.1. The molecule has 4 bridgehead atoms. The molecule has 1 unspecified atom stereocenters. The second-order valence-corrected chi connectivity index (χ2v) is 13.6. The number of piperidine rings is 1. The molecule has 8 rings (SSSR count). The summed E-state index contributed by atoms with van der Waals surface area (Å²) < 4.78 is 6.61. The van der Waals surface area contributed by atoms with Crippen LogP contribution in [0.15, 0.2) is 28.5 Å². The molecular formula is C28H31N3O4S2. The molecule has 9 heteroatoms. The summed E-state index contributed by atoms with van der Waals surface area (Å²) in [6.45, 7) is 1.00. The topological polar surface area (TPSA) is 88.6 Å². The van der Waals surface area contributed by atoms with Gasteiger partial charge in [0.1, 0.15) is 11.0 Å². The fourth-order valence-electron chi connectivity index (χ4n) is 7.75. The first-order valence-electron chi connectivity index (χ1n) is 13.4. The highest BCUT2D eigenvalue weighted by molar-refractivity contribution is 7.98. The van der Waals surface area contributed by atoms with Gasteiger partial charge in [-0.15, -0.1) is 23.1 Å². The normalized spacial score (nSPS) is 32.2. The van der Waals surface area contributed by atoms with Gasteiger partial charge >= 0.3 is 0 Å². The zero-order valence-electron chi connectivity index (χ0n) is 20.7. The number of thiazole rings is 1. The van der Waals surface area contributed by atoms with Crippen LogP contribution in [0.2, 0.25) is 0 Å². The molecule has 3 heterocycles. The Morgan fingerprint density at radius 2 is 1.86 bits per heavy atom. The number of nitrogens with one attached hydrogen (secondary N) is 1. The number of amides is 3. The van der Waals surface area contributed by atoms with Gasteiger partial charge in [0, 0.05) is 34.6 Å². The third-order valence-corrected chi connectivity index (χ3v) is 11.0. The summed E-state index contributed by atoms with van der Waals surface area (Å²) in [5.74, 6) is 2.56. The van der Waals surface area contributed by atoms with Gasteiger partial charge in [0.2, 0.25) is 11.8 Å². The van der Waals surface area contributed by atoms with Gasteiger partial charge in [-0.3, -0.25) is 19.7 Å². The van der Waals surface area contributed by atoms with E-state index in [-0.39, 0.29) is 29.7 Å². The van der Waals surface area contributed by atoms with Crippen molar-refractivity contribution in [1.82, 2.24) is 15.2 Å². The molecule has 4 aliphatic carbocycles. The number of hydrogen-bond acceptors (Lipinski definition) is 7. The Balaban J connectivity index is 0.985. The summed E-state index contributed by atoms with van der Waals surface area (Å²) in [4.78, 5) is 44.5. The first-order valence-corrected chi connectivity index (χ1v) is 15.3. The van der Waals surface area contributed by atoms with Gasteiger partial charge in [0.25, 0.3) is 5.91 Å². The van der Waals surface area contributed by atoms with Crippen LogP contribution in [0.25, 0.3) is 0 Å². The lowest BCUT2D eigenvalue weighted by atomic mass is 9.54. The summed E-state index contributed by atoms with van der Waals surface area (Å²) >= 11 is 3.35. The van der Waals surface area contributed by atoms with E-state index in [2.05, 4.69) is 10.7 Å². The van der Waals surface area contributed by atoms with Crippen molar-refractivity contribution in [3.8, 4) is 0 Å². The largest absolute Gasteiger partial charge is 0.368 e. The second-order valence-electron chi connectivity index (χ2n) is 11.6. The van der Waals surface area contributed by atoms with E-state index in [0.29, 0.717) is 25.1 Å². The maximum Gasteiger partial charge on any atom is 0.255 e. The van der Waals surface area contributed by atoms with Gasteiger partial charge in [0.05, 0.1) is 17.9 Å². The molecule has 5 fully saturated rings. The average Bonchev–Trinajstić information content (AvgIpc) is 3.45. The van der Waals surface area contributed by atoms with Crippen LogP contribution in [-0.2, 0) is 33.2 Å². The Bertz CT molecular complexity index is 1240. The molecule has 0 radical (unpaired) electrons. The molecule has 1 aromatic carbocycles. The fraction of sp³-hybridized carbons (Fsp3) is 0.571. The fourth-order valence-corrected chi connectivity index (χ4v) is 9.53. The lowest BCUT2D eigenvalue weighted by Gasteiger charge is -2.56. The van der Waals surface area contributed by atoms with Gasteiger partial charge in [-0.25, -0.2) is 4.98 Å². The molecule has 1 N–H and O–H groups in total. The van der Waals surface area contributed by atoms with Crippen LogP contribution < -0.4 is 5.32 Å². The number of imide groups is 1. The van der Waals surface area contributed by atoms with Crippen molar-refractivity contribution in [3.63, 3.8) is 0 Å². The number of fused-ring (bicyclic) bond motifs is 1. The van der Waals surface area contributed by atoms with E-state index in [1.165, 1.54) is 38.5 Å². The summed E-state index contributed by atoms with van der Waals surface area (Å²) in [6, 6.07) is 5.18. The van der Waals surface area contributed by atoms with Crippen molar-refractivity contribution in [2.45, 2.75) is 86.8 Å². The van der Waals surface area contributed by atoms with Gasteiger partial charge in [-0.2, -0.15) is 0 Å². The molecule has 4 saturated carbocycles. The van der Waals surface area contributed by atoms with E-state index in [1.807, 2.05) is 18.2 Å². The van der Waals surface area contributed by atoms with Crippen LogP contribution in [0, 0.1) is 17.8 Å². The van der Waals surface area contributed by atoms with Gasteiger partial charge in [-0.05, 0) is 80.4 Å². The SMILES string of the molecule is O=C1CCC(N2Cc3c(SCc4csc(COC56CC7CC(CC(C7)C5)C6)n4)cccc3C2=O)C(=O)N1. The molecule has 1 saturated heterocycles. The number of nitrogens with zero attached hydrogens (tertiary/aromatic N) is 2. The smallest absolute Gasteiger partial charge is 0.255 e. The Labute approximate surface area is 224 Å². The average molecular weight is 538 g/mol. The highest BCUT2D eigenvalue weighted by atomic mass is 32.2. The van der Waals surface area contributed by atoms with E-state index < -0.39 is 6.04 Å². The Hall–Kier alpha value is -2.23. The first-order chi connectivity index (χ1) is 17.9. The van der Waals surface area contributed by atoms with Crippen LogP contribution in [0.5, 0.6) is 0 Å². The van der Waals surface area contributed by atoms with E-state index in [1.54, 1.807) is 28.0 Å². The van der Waals surface area contributed by atoms with Gasteiger partial charge in [0.15, 0.2) is 0 Å². The second kappa shape index (κ2) is 9.20. The predicted molar refractivity (Wildman–Crippen MR) is 140 cm³/mol. The molecule has 2 aromatic rings. The minimum Gasteiger partial charge on any atom is -0.368 e. The zero-order valence-corrected chi connectivity index (χ0v) is 22.4. The zero-order chi connectivity index (χ0) is 25.1. The summed E-state index contributed by atoms with van der Waals surface area (Å²) in [5, 5.41) is 5.54. The molecular weight excluding hydrogens is 506 g/mol. The Kier molecular flexibility index (Phi) is 5.93. The third kappa shape index (κ3) is 4.42. The van der Waals surface area contributed by atoms with E-state index in [9.17, 15) is 14.4 Å². The molecule has 7 nitrogen and oxygen atoms in total. The standard InChI is InChI=1S/C28H31N3O4S2/c32-24-5-4-22(26(33)30-24)31-12-21-20(27(31)34)2-1-3-23(21)36-14-19-15-37-25(29-19)13-35-28-9-16-6-17(10-28)8-18(7-16)11-28/h1-3,15-18,22H,4-14H2,(H,30,32,33). The third-order valence-electron chi connectivity index (χ3n) is 9.00. The van der Waals surface area contributed by atoms with Crippen molar-refractivity contribution in [2.75, 3.05) is 0 Å². The van der Waals surface area contributed by atoms with Crippen molar-refractivity contribution >= 4 is 40.8 Å². The van der Waals surface area contributed by atoms with E-state index in [4.69, 9.17) is 9.72 Å². The van der Waals surface area contributed by atoms with Crippen molar-refractivity contribution in [2.24, 2.45) is 17.8 Å². The number of thioether (sulfide) groups is 1. The Morgan fingerprint density at radius 1 is 1.11 bits per heavy atom.